The minimum absolute atomic E-state index is 0.137. The lowest BCUT2D eigenvalue weighted by Crippen LogP contribution is -2.36. The number of nitriles is 1. The Labute approximate surface area is 99.0 Å². The maximum atomic E-state index is 12.1. The summed E-state index contributed by atoms with van der Waals surface area (Å²) < 4.78 is 0. The van der Waals surface area contributed by atoms with Gasteiger partial charge in [-0.15, -0.1) is 0 Å². The van der Waals surface area contributed by atoms with Crippen LogP contribution in [0.15, 0.2) is 0 Å². The van der Waals surface area contributed by atoms with Gasteiger partial charge in [-0.25, -0.2) is 0 Å². The molecule has 0 aromatic carbocycles. The number of hydrogen-bond acceptors (Lipinski definition) is 2. The van der Waals surface area contributed by atoms with Crippen molar-refractivity contribution in [3.63, 3.8) is 0 Å². The van der Waals surface area contributed by atoms with Crippen LogP contribution in [0, 0.1) is 28.6 Å². The van der Waals surface area contributed by atoms with Gasteiger partial charge in [0.1, 0.15) is 5.78 Å². The fourth-order valence-electron chi connectivity index (χ4n) is 2.62. The number of Topliss-reactive ketones (excluding diaryl/α,β-unsaturated/α-hetero) is 1. The Morgan fingerprint density at radius 3 is 2.75 bits per heavy atom. The first kappa shape index (κ1) is 13.2. The van der Waals surface area contributed by atoms with E-state index in [4.69, 9.17) is 5.26 Å². The fraction of sp³-hybridized carbons (Fsp3) is 0.857. The highest BCUT2D eigenvalue weighted by Crippen LogP contribution is 2.41. The summed E-state index contributed by atoms with van der Waals surface area (Å²) in [6, 6.07) is 2.16. The zero-order chi connectivity index (χ0) is 12.2. The van der Waals surface area contributed by atoms with Gasteiger partial charge in [-0.1, -0.05) is 20.8 Å². The van der Waals surface area contributed by atoms with Gasteiger partial charge in [-0.2, -0.15) is 5.26 Å². The second kappa shape index (κ2) is 5.48. The average Bonchev–Trinajstić information content (AvgIpc) is 2.22. The van der Waals surface area contributed by atoms with Gasteiger partial charge in [0.2, 0.25) is 0 Å². The van der Waals surface area contributed by atoms with E-state index in [1.165, 1.54) is 6.42 Å². The summed E-state index contributed by atoms with van der Waals surface area (Å²) in [6.45, 7) is 6.50. The third kappa shape index (κ3) is 3.07. The lowest BCUT2D eigenvalue weighted by molar-refractivity contribution is -0.133. The molecule has 0 aromatic rings. The summed E-state index contributed by atoms with van der Waals surface area (Å²) in [4.78, 5) is 12.1. The molecule has 0 saturated heterocycles. The number of hydrogen-bond donors (Lipinski definition) is 0. The van der Waals surface area contributed by atoms with Crippen LogP contribution in [-0.2, 0) is 4.79 Å². The lowest BCUT2D eigenvalue weighted by atomic mass is 9.66. The van der Waals surface area contributed by atoms with E-state index in [0.717, 1.165) is 25.7 Å². The maximum absolute atomic E-state index is 12.1. The molecule has 0 N–H and O–H groups in total. The standard InChI is InChI=1S/C14H23NO/c1-11(2)12-6-8-14(3,13(16)10-12)7-4-5-9-15/h11-12H,4-8,10H2,1-3H3/t12-,14+/m1/s1. The van der Waals surface area contributed by atoms with E-state index in [-0.39, 0.29) is 5.41 Å². The van der Waals surface area contributed by atoms with E-state index in [0.29, 0.717) is 24.0 Å². The lowest BCUT2D eigenvalue weighted by Gasteiger charge is -2.37. The van der Waals surface area contributed by atoms with Crippen molar-refractivity contribution in [3.05, 3.63) is 0 Å². The van der Waals surface area contributed by atoms with Crippen molar-refractivity contribution in [1.29, 1.82) is 5.26 Å². The number of carbonyl (C=O) groups is 1. The Bertz CT molecular complexity index is 290. The van der Waals surface area contributed by atoms with Crippen molar-refractivity contribution in [2.75, 3.05) is 0 Å². The van der Waals surface area contributed by atoms with Crippen LogP contribution in [0.4, 0.5) is 0 Å². The Hall–Kier alpha value is -0.840. The topological polar surface area (TPSA) is 40.9 Å². The first-order valence-corrected chi connectivity index (χ1v) is 6.40. The minimum atomic E-state index is -0.137. The molecular weight excluding hydrogens is 198 g/mol. The quantitative estimate of drug-likeness (QED) is 0.679. The molecule has 0 aliphatic heterocycles. The molecule has 1 rings (SSSR count). The van der Waals surface area contributed by atoms with Crippen molar-refractivity contribution in [1.82, 2.24) is 0 Å². The molecule has 2 atom stereocenters. The molecule has 2 nitrogen and oxygen atoms in total. The van der Waals surface area contributed by atoms with Gasteiger partial charge in [-0.05, 0) is 37.5 Å². The monoisotopic (exact) mass is 221 g/mol. The molecule has 1 aliphatic rings. The summed E-state index contributed by atoms with van der Waals surface area (Å²) >= 11 is 0. The molecular formula is C14H23NO. The molecule has 0 amide bonds. The van der Waals surface area contributed by atoms with Crippen LogP contribution in [0.3, 0.4) is 0 Å². The number of carbonyl (C=O) groups excluding carboxylic acids is 1. The molecule has 90 valence electrons. The average molecular weight is 221 g/mol. The first-order valence-electron chi connectivity index (χ1n) is 6.40. The van der Waals surface area contributed by atoms with E-state index in [1.807, 2.05) is 0 Å². The SMILES string of the molecule is CC(C)[C@@H]1CC[C@](C)(CCCC#N)C(=O)C1. The number of nitrogens with zero attached hydrogens (tertiary/aromatic N) is 1. The molecule has 0 radical (unpaired) electrons. The van der Waals surface area contributed by atoms with Crippen LogP contribution in [0.5, 0.6) is 0 Å². The number of ketones is 1. The normalized spacial score (nSPS) is 30.4. The summed E-state index contributed by atoms with van der Waals surface area (Å²) in [5, 5.41) is 8.53. The van der Waals surface area contributed by atoms with Gasteiger partial charge in [0.25, 0.3) is 0 Å². The number of rotatable bonds is 4. The highest BCUT2D eigenvalue weighted by molar-refractivity contribution is 5.85. The van der Waals surface area contributed by atoms with E-state index >= 15 is 0 Å². The molecule has 0 bridgehead atoms. The van der Waals surface area contributed by atoms with E-state index < -0.39 is 0 Å². The summed E-state index contributed by atoms with van der Waals surface area (Å²) in [5.41, 5.74) is -0.137. The minimum Gasteiger partial charge on any atom is -0.299 e. The number of unbranched alkanes of at least 4 members (excludes halogenated alkanes) is 1. The van der Waals surface area contributed by atoms with Gasteiger partial charge >= 0.3 is 0 Å². The Balaban J connectivity index is 2.52. The van der Waals surface area contributed by atoms with Crippen LogP contribution < -0.4 is 0 Å². The van der Waals surface area contributed by atoms with Crippen LogP contribution in [0.25, 0.3) is 0 Å². The van der Waals surface area contributed by atoms with Crippen molar-refractivity contribution >= 4 is 5.78 Å². The van der Waals surface area contributed by atoms with Gasteiger partial charge in [0.15, 0.2) is 0 Å². The van der Waals surface area contributed by atoms with Crippen molar-refractivity contribution in [3.8, 4) is 6.07 Å². The molecule has 0 heterocycles. The molecule has 0 spiro atoms. The molecule has 16 heavy (non-hydrogen) atoms. The van der Waals surface area contributed by atoms with Crippen molar-refractivity contribution in [2.45, 2.75) is 59.3 Å². The second-order valence-corrected chi connectivity index (χ2v) is 5.74. The molecule has 1 fully saturated rings. The van der Waals surface area contributed by atoms with Gasteiger partial charge in [0, 0.05) is 18.3 Å². The van der Waals surface area contributed by atoms with Gasteiger partial charge in [0.05, 0.1) is 6.07 Å². The van der Waals surface area contributed by atoms with Gasteiger partial charge in [-0.3, -0.25) is 4.79 Å². The predicted octanol–water partition coefficient (Wildman–Crippen LogP) is 3.71. The smallest absolute Gasteiger partial charge is 0.139 e. The van der Waals surface area contributed by atoms with E-state index in [2.05, 4.69) is 26.8 Å². The molecule has 1 aliphatic carbocycles. The third-order valence-corrected chi connectivity index (χ3v) is 4.15. The highest BCUT2D eigenvalue weighted by atomic mass is 16.1. The Kier molecular flexibility index (Phi) is 4.53. The first-order chi connectivity index (χ1) is 7.49. The highest BCUT2D eigenvalue weighted by Gasteiger charge is 2.38. The molecule has 2 heteroatoms. The van der Waals surface area contributed by atoms with Crippen molar-refractivity contribution < 1.29 is 4.79 Å². The van der Waals surface area contributed by atoms with Crippen molar-refractivity contribution in [2.24, 2.45) is 17.3 Å². The zero-order valence-electron chi connectivity index (χ0n) is 10.8. The Morgan fingerprint density at radius 2 is 2.25 bits per heavy atom. The van der Waals surface area contributed by atoms with Crippen LogP contribution >= 0.6 is 0 Å². The second-order valence-electron chi connectivity index (χ2n) is 5.74. The predicted molar refractivity (Wildman–Crippen MR) is 64.8 cm³/mol. The summed E-state index contributed by atoms with van der Waals surface area (Å²) in [7, 11) is 0. The summed E-state index contributed by atoms with van der Waals surface area (Å²) in [6.07, 6.45) is 5.28. The van der Waals surface area contributed by atoms with Crippen LogP contribution in [0.1, 0.15) is 59.3 Å². The molecule has 1 saturated carbocycles. The van der Waals surface area contributed by atoms with Crippen LogP contribution in [-0.4, -0.2) is 5.78 Å². The largest absolute Gasteiger partial charge is 0.299 e. The van der Waals surface area contributed by atoms with E-state index in [9.17, 15) is 4.79 Å². The third-order valence-electron chi connectivity index (χ3n) is 4.15. The molecule has 0 aromatic heterocycles. The maximum Gasteiger partial charge on any atom is 0.139 e. The molecule has 0 unspecified atom stereocenters. The van der Waals surface area contributed by atoms with Crippen LogP contribution in [0.2, 0.25) is 0 Å². The van der Waals surface area contributed by atoms with Gasteiger partial charge < -0.3 is 0 Å². The Morgan fingerprint density at radius 1 is 1.56 bits per heavy atom. The summed E-state index contributed by atoms with van der Waals surface area (Å²) in [5.74, 6) is 1.62. The zero-order valence-corrected chi connectivity index (χ0v) is 10.8. The van der Waals surface area contributed by atoms with E-state index in [1.54, 1.807) is 0 Å². The fourth-order valence-corrected chi connectivity index (χ4v) is 2.62.